The van der Waals surface area contributed by atoms with Crippen molar-refractivity contribution in [2.24, 2.45) is 0 Å². The minimum atomic E-state index is -0.920. The number of aromatic carboxylic acids is 1. The van der Waals surface area contributed by atoms with E-state index in [1.165, 1.54) is 0 Å². The highest BCUT2D eigenvalue weighted by Gasteiger charge is 2.07. The van der Waals surface area contributed by atoms with E-state index in [1.807, 2.05) is 23.6 Å². The van der Waals surface area contributed by atoms with Gasteiger partial charge < -0.3 is 9.67 Å². The maximum Gasteiger partial charge on any atom is 0.335 e. The largest absolute Gasteiger partial charge is 0.478 e. The number of aryl methyl sites for hydroxylation is 1. The zero-order chi connectivity index (χ0) is 14.1. The van der Waals surface area contributed by atoms with Crippen LogP contribution in [-0.2, 0) is 6.54 Å². The Balaban J connectivity index is 1.97. The molecule has 1 N–H and O–H groups in total. The van der Waals surface area contributed by atoms with Crippen LogP contribution < -0.4 is 0 Å². The normalized spacial score (nSPS) is 10.8. The van der Waals surface area contributed by atoms with Gasteiger partial charge in [0.05, 0.1) is 18.4 Å². The molecule has 5 nitrogen and oxygen atoms in total. The van der Waals surface area contributed by atoms with E-state index in [-0.39, 0.29) is 5.56 Å². The molecule has 0 aliphatic carbocycles. The van der Waals surface area contributed by atoms with Gasteiger partial charge in [0.1, 0.15) is 5.52 Å². The molecule has 0 radical (unpaired) electrons. The molecule has 0 fully saturated rings. The molecule has 0 spiro atoms. The Kier molecular flexibility index (Phi) is 2.95. The summed E-state index contributed by atoms with van der Waals surface area (Å²) in [4.78, 5) is 19.7. The first kappa shape index (κ1) is 12.3. The van der Waals surface area contributed by atoms with Crippen LogP contribution in [-0.4, -0.2) is 25.6 Å². The van der Waals surface area contributed by atoms with Gasteiger partial charge in [0.15, 0.2) is 5.65 Å². The standard InChI is InChI=1S/C15H13N3O2/c1-10-5-13-14(16-7-10)18(9-17-13)8-11-3-2-4-12(6-11)15(19)20/h2-7,9H,8H2,1H3,(H,19,20). The van der Waals surface area contributed by atoms with Crippen LogP contribution in [0.5, 0.6) is 0 Å². The average molecular weight is 267 g/mol. The second-order valence-corrected chi connectivity index (χ2v) is 4.73. The Labute approximate surface area is 115 Å². The third kappa shape index (κ3) is 2.25. The number of imidazole rings is 1. The van der Waals surface area contributed by atoms with Gasteiger partial charge >= 0.3 is 5.97 Å². The van der Waals surface area contributed by atoms with E-state index in [2.05, 4.69) is 9.97 Å². The molecule has 2 heterocycles. The topological polar surface area (TPSA) is 68.0 Å². The molecule has 0 aliphatic rings. The van der Waals surface area contributed by atoms with Gasteiger partial charge in [-0.3, -0.25) is 0 Å². The number of fused-ring (bicyclic) bond motifs is 1. The first-order valence-electron chi connectivity index (χ1n) is 6.23. The number of carboxylic acids is 1. The molecule has 2 aromatic heterocycles. The predicted octanol–water partition coefficient (Wildman–Crippen LogP) is 2.49. The van der Waals surface area contributed by atoms with Gasteiger partial charge in [-0.1, -0.05) is 12.1 Å². The summed E-state index contributed by atoms with van der Waals surface area (Å²) in [5.74, 6) is -0.920. The van der Waals surface area contributed by atoms with Crippen molar-refractivity contribution in [3.05, 3.63) is 59.5 Å². The van der Waals surface area contributed by atoms with E-state index in [1.54, 1.807) is 30.7 Å². The van der Waals surface area contributed by atoms with Crippen LogP contribution in [0.25, 0.3) is 11.2 Å². The first-order chi connectivity index (χ1) is 9.63. The van der Waals surface area contributed by atoms with Crippen molar-refractivity contribution in [1.29, 1.82) is 0 Å². The van der Waals surface area contributed by atoms with Gasteiger partial charge in [-0.25, -0.2) is 14.8 Å². The maximum atomic E-state index is 11.0. The summed E-state index contributed by atoms with van der Waals surface area (Å²) in [6.07, 6.45) is 3.53. The molecule has 0 saturated heterocycles. The third-order valence-corrected chi connectivity index (χ3v) is 3.12. The highest BCUT2D eigenvalue weighted by Crippen LogP contribution is 2.14. The van der Waals surface area contributed by atoms with Crippen LogP contribution >= 0.6 is 0 Å². The zero-order valence-corrected chi connectivity index (χ0v) is 10.9. The van der Waals surface area contributed by atoms with Gasteiger partial charge in [-0.05, 0) is 36.2 Å². The van der Waals surface area contributed by atoms with Crippen molar-refractivity contribution in [2.45, 2.75) is 13.5 Å². The average Bonchev–Trinajstić information content (AvgIpc) is 2.81. The molecule has 0 bridgehead atoms. The molecule has 0 unspecified atom stereocenters. The van der Waals surface area contributed by atoms with E-state index >= 15 is 0 Å². The monoisotopic (exact) mass is 267 g/mol. The fourth-order valence-corrected chi connectivity index (χ4v) is 2.16. The van der Waals surface area contributed by atoms with Crippen LogP contribution in [0.4, 0.5) is 0 Å². The number of aromatic nitrogens is 3. The Morgan fingerprint density at radius 1 is 1.30 bits per heavy atom. The quantitative estimate of drug-likeness (QED) is 0.791. The van der Waals surface area contributed by atoms with Crippen LogP contribution in [0, 0.1) is 6.92 Å². The summed E-state index contributed by atoms with van der Waals surface area (Å²) in [6, 6.07) is 8.87. The van der Waals surface area contributed by atoms with Crippen molar-refractivity contribution in [2.75, 3.05) is 0 Å². The zero-order valence-electron chi connectivity index (χ0n) is 10.9. The molecule has 20 heavy (non-hydrogen) atoms. The lowest BCUT2D eigenvalue weighted by Gasteiger charge is -2.05. The molecule has 0 saturated carbocycles. The van der Waals surface area contributed by atoms with Crippen LogP contribution in [0.2, 0.25) is 0 Å². The van der Waals surface area contributed by atoms with Crippen LogP contribution in [0.15, 0.2) is 42.9 Å². The smallest absolute Gasteiger partial charge is 0.335 e. The minimum Gasteiger partial charge on any atom is -0.478 e. The fraction of sp³-hybridized carbons (Fsp3) is 0.133. The van der Waals surface area contributed by atoms with E-state index in [4.69, 9.17) is 5.11 Å². The van der Waals surface area contributed by atoms with Gasteiger partial charge in [-0.2, -0.15) is 0 Å². The van der Waals surface area contributed by atoms with Gasteiger partial charge in [0, 0.05) is 6.20 Å². The summed E-state index contributed by atoms with van der Waals surface area (Å²) in [7, 11) is 0. The molecular formula is C15H13N3O2. The van der Waals surface area contributed by atoms with Crippen molar-refractivity contribution < 1.29 is 9.90 Å². The van der Waals surface area contributed by atoms with Crippen molar-refractivity contribution in [1.82, 2.24) is 14.5 Å². The number of pyridine rings is 1. The molecule has 100 valence electrons. The van der Waals surface area contributed by atoms with Crippen molar-refractivity contribution in [3.8, 4) is 0 Å². The number of rotatable bonds is 3. The molecule has 0 atom stereocenters. The van der Waals surface area contributed by atoms with Crippen molar-refractivity contribution >= 4 is 17.1 Å². The summed E-state index contributed by atoms with van der Waals surface area (Å²) < 4.78 is 1.91. The molecule has 0 aliphatic heterocycles. The van der Waals surface area contributed by atoms with Gasteiger partial charge in [0.25, 0.3) is 0 Å². The third-order valence-electron chi connectivity index (χ3n) is 3.12. The summed E-state index contributed by atoms with van der Waals surface area (Å²) in [5, 5.41) is 9.01. The first-order valence-corrected chi connectivity index (χ1v) is 6.23. The lowest BCUT2D eigenvalue weighted by molar-refractivity contribution is 0.0696. The lowest BCUT2D eigenvalue weighted by Crippen LogP contribution is -2.02. The highest BCUT2D eigenvalue weighted by molar-refractivity contribution is 5.87. The number of carbonyl (C=O) groups is 1. The molecule has 0 amide bonds. The molecular weight excluding hydrogens is 254 g/mol. The molecule has 3 aromatic rings. The molecule has 5 heteroatoms. The highest BCUT2D eigenvalue weighted by atomic mass is 16.4. The number of benzene rings is 1. The van der Waals surface area contributed by atoms with E-state index in [9.17, 15) is 4.79 Å². The summed E-state index contributed by atoms with van der Waals surface area (Å²) in [6.45, 7) is 2.52. The van der Waals surface area contributed by atoms with Crippen LogP contribution in [0.1, 0.15) is 21.5 Å². The molecule has 3 rings (SSSR count). The number of nitrogens with zero attached hydrogens (tertiary/aromatic N) is 3. The predicted molar refractivity (Wildman–Crippen MR) is 74.8 cm³/mol. The Bertz CT molecular complexity index is 793. The molecule has 1 aromatic carbocycles. The van der Waals surface area contributed by atoms with E-state index < -0.39 is 5.97 Å². The van der Waals surface area contributed by atoms with Crippen molar-refractivity contribution in [3.63, 3.8) is 0 Å². The van der Waals surface area contributed by atoms with E-state index in [0.717, 1.165) is 22.3 Å². The maximum absolute atomic E-state index is 11.0. The SMILES string of the molecule is Cc1cnc2c(c1)ncn2Cc1cccc(C(=O)O)c1. The Hall–Kier alpha value is -2.69. The Morgan fingerprint density at radius 3 is 2.95 bits per heavy atom. The van der Waals surface area contributed by atoms with Gasteiger partial charge in [-0.15, -0.1) is 0 Å². The number of carboxylic acid groups (broad SMARTS) is 1. The lowest BCUT2D eigenvalue weighted by atomic mass is 10.1. The second-order valence-electron chi connectivity index (χ2n) is 4.73. The number of hydrogen-bond acceptors (Lipinski definition) is 3. The summed E-state index contributed by atoms with van der Waals surface area (Å²) >= 11 is 0. The van der Waals surface area contributed by atoms with Gasteiger partial charge in [0.2, 0.25) is 0 Å². The fourth-order valence-electron chi connectivity index (χ4n) is 2.16. The Morgan fingerprint density at radius 2 is 2.15 bits per heavy atom. The van der Waals surface area contributed by atoms with Crippen LogP contribution in [0.3, 0.4) is 0 Å². The minimum absolute atomic E-state index is 0.288. The van der Waals surface area contributed by atoms with E-state index in [0.29, 0.717) is 6.54 Å². The summed E-state index contributed by atoms with van der Waals surface area (Å²) in [5.41, 5.74) is 3.91. The number of hydrogen-bond donors (Lipinski definition) is 1. The second kappa shape index (κ2) is 4.77.